The van der Waals surface area contributed by atoms with Gasteiger partial charge in [-0.25, -0.2) is 9.37 Å². The number of rotatable bonds is 3. The van der Waals surface area contributed by atoms with Crippen LogP contribution in [0, 0.1) is 5.82 Å². The van der Waals surface area contributed by atoms with Gasteiger partial charge in [0.15, 0.2) is 0 Å². The number of H-pyrrole nitrogens is 1. The Kier molecular flexibility index (Phi) is 5.26. The minimum atomic E-state index is -0.807. The number of carbonyl (C=O) groups is 1. The maximum atomic E-state index is 14.6. The van der Waals surface area contributed by atoms with Gasteiger partial charge in [0, 0.05) is 55.3 Å². The summed E-state index contributed by atoms with van der Waals surface area (Å²) in [5, 5.41) is 2.84. The van der Waals surface area contributed by atoms with E-state index >= 15 is 0 Å². The SMILES string of the molecule is O=C1CC(c2c(F)cccc2Cl)c2c(nc(N3CCN(c4ccccn4)CC3)[nH]c2=O)N1. The number of pyridine rings is 1. The first-order valence-electron chi connectivity index (χ1n) is 10.3. The number of carbonyl (C=O) groups excluding carboxylic acids is 1. The van der Waals surface area contributed by atoms with E-state index in [4.69, 9.17) is 11.6 Å². The van der Waals surface area contributed by atoms with Crippen molar-refractivity contribution in [2.24, 2.45) is 0 Å². The molecule has 1 saturated heterocycles. The molecule has 0 aliphatic carbocycles. The topological polar surface area (TPSA) is 94.2 Å². The molecule has 2 N–H and O–H groups in total. The first-order chi connectivity index (χ1) is 15.5. The fraction of sp³-hybridized carbons (Fsp3) is 0.273. The second kappa shape index (κ2) is 8.23. The molecule has 0 spiro atoms. The van der Waals surface area contributed by atoms with E-state index in [2.05, 4.69) is 25.2 Å². The number of halogens is 2. The Hall–Kier alpha value is -3.46. The van der Waals surface area contributed by atoms with Crippen molar-refractivity contribution in [1.82, 2.24) is 15.0 Å². The number of hydrogen-bond acceptors (Lipinski definition) is 6. The molecule has 2 aromatic heterocycles. The fourth-order valence-electron chi connectivity index (χ4n) is 4.29. The van der Waals surface area contributed by atoms with Gasteiger partial charge in [-0.3, -0.25) is 14.6 Å². The number of amides is 1. The second-order valence-electron chi connectivity index (χ2n) is 7.75. The number of nitrogens with zero attached hydrogens (tertiary/aromatic N) is 4. The maximum Gasteiger partial charge on any atom is 0.258 e. The Morgan fingerprint density at radius 3 is 2.50 bits per heavy atom. The summed E-state index contributed by atoms with van der Waals surface area (Å²) in [4.78, 5) is 41.3. The molecule has 0 bridgehead atoms. The van der Waals surface area contributed by atoms with Gasteiger partial charge in [-0.2, -0.15) is 4.98 Å². The van der Waals surface area contributed by atoms with E-state index in [-0.39, 0.29) is 34.3 Å². The van der Waals surface area contributed by atoms with Crippen molar-refractivity contribution in [2.45, 2.75) is 12.3 Å². The van der Waals surface area contributed by atoms with Crippen LogP contribution in [0.5, 0.6) is 0 Å². The number of aromatic nitrogens is 3. The Bertz CT molecular complexity index is 1210. The summed E-state index contributed by atoms with van der Waals surface area (Å²) < 4.78 is 14.6. The molecule has 2 aliphatic rings. The largest absolute Gasteiger partial charge is 0.353 e. The Balaban J connectivity index is 1.45. The highest BCUT2D eigenvalue weighted by Gasteiger charge is 2.34. The van der Waals surface area contributed by atoms with Gasteiger partial charge in [-0.1, -0.05) is 23.7 Å². The summed E-state index contributed by atoms with van der Waals surface area (Å²) >= 11 is 6.22. The molecule has 1 unspecified atom stereocenters. The zero-order valence-electron chi connectivity index (χ0n) is 17.0. The second-order valence-corrected chi connectivity index (χ2v) is 8.16. The van der Waals surface area contributed by atoms with Crippen LogP contribution >= 0.6 is 11.6 Å². The number of nitrogens with one attached hydrogen (secondary N) is 2. The van der Waals surface area contributed by atoms with Gasteiger partial charge in [-0.15, -0.1) is 0 Å². The average molecular weight is 455 g/mol. The van der Waals surface area contributed by atoms with Crippen molar-refractivity contribution in [3.63, 3.8) is 0 Å². The van der Waals surface area contributed by atoms with Crippen LogP contribution in [0.1, 0.15) is 23.5 Å². The molecule has 5 rings (SSSR count). The fourth-order valence-corrected chi connectivity index (χ4v) is 4.58. The van der Waals surface area contributed by atoms with Crippen LogP contribution in [-0.4, -0.2) is 47.0 Å². The molecule has 10 heteroatoms. The third-order valence-corrected chi connectivity index (χ3v) is 6.17. The lowest BCUT2D eigenvalue weighted by molar-refractivity contribution is -0.116. The van der Waals surface area contributed by atoms with Gasteiger partial charge < -0.3 is 15.1 Å². The van der Waals surface area contributed by atoms with Gasteiger partial charge >= 0.3 is 0 Å². The summed E-state index contributed by atoms with van der Waals surface area (Å²) in [7, 11) is 0. The van der Waals surface area contributed by atoms with E-state index in [1.807, 2.05) is 23.1 Å². The molecule has 0 saturated carbocycles. The van der Waals surface area contributed by atoms with Gasteiger partial charge in [0.2, 0.25) is 11.9 Å². The highest BCUT2D eigenvalue weighted by molar-refractivity contribution is 6.31. The number of hydrogen-bond donors (Lipinski definition) is 2. The summed E-state index contributed by atoms with van der Waals surface area (Å²) in [5.41, 5.74) is -0.0664. The van der Waals surface area contributed by atoms with Crippen molar-refractivity contribution in [3.05, 3.63) is 74.9 Å². The number of benzene rings is 1. The highest BCUT2D eigenvalue weighted by Crippen LogP contribution is 2.38. The maximum absolute atomic E-state index is 14.6. The molecule has 1 amide bonds. The Morgan fingerprint density at radius 1 is 1.00 bits per heavy atom. The molecule has 32 heavy (non-hydrogen) atoms. The van der Waals surface area contributed by atoms with Crippen molar-refractivity contribution >= 4 is 35.1 Å². The minimum Gasteiger partial charge on any atom is -0.353 e. The normalized spacial score (nSPS) is 18.3. The summed E-state index contributed by atoms with van der Waals surface area (Å²) in [6, 6.07) is 10.1. The molecular weight excluding hydrogens is 435 g/mol. The predicted octanol–water partition coefficient (Wildman–Crippen LogP) is 2.76. The van der Waals surface area contributed by atoms with Crippen LogP contribution in [0.3, 0.4) is 0 Å². The third-order valence-electron chi connectivity index (χ3n) is 5.84. The van der Waals surface area contributed by atoms with E-state index in [9.17, 15) is 14.0 Å². The van der Waals surface area contributed by atoms with Crippen LogP contribution in [0.15, 0.2) is 47.4 Å². The van der Waals surface area contributed by atoms with Crippen LogP contribution in [0.2, 0.25) is 5.02 Å². The number of aromatic amines is 1. The van der Waals surface area contributed by atoms with Crippen molar-refractivity contribution in [3.8, 4) is 0 Å². The van der Waals surface area contributed by atoms with Crippen molar-refractivity contribution < 1.29 is 9.18 Å². The molecule has 4 heterocycles. The van der Waals surface area contributed by atoms with Crippen LogP contribution in [0.25, 0.3) is 0 Å². The zero-order chi connectivity index (χ0) is 22.2. The van der Waals surface area contributed by atoms with E-state index in [0.717, 1.165) is 5.82 Å². The van der Waals surface area contributed by atoms with Crippen LogP contribution in [-0.2, 0) is 4.79 Å². The highest BCUT2D eigenvalue weighted by atomic mass is 35.5. The van der Waals surface area contributed by atoms with E-state index in [1.165, 1.54) is 12.1 Å². The van der Waals surface area contributed by atoms with E-state index in [1.54, 1.807) is 12.3 Å². The number of fused-ring (bicyclic) bond motifs is 1. The summed E-state index contributed by atoms with van der Waals surface area (Å²) in [6.07, 6.45) is 1.67. The average Bonchev–Trinajstić information content (AvgIpc) is 2.79. The van der Waals surface area contributed by atoms with E-state index in [0.29, 0.717) is 32.1 Å². The third kappa shape index (κ3) is 3.69. The Morgan fingerprint density at radius 2 is 1.78 bits per heavy atom. The summed E-state index contributed by atoms with van der Waals surface area (Å²) in [5.74, 6) is -0.288. The van der Waals surface area contributed by atoms with Crippen molar-refractivity contribution in [2.75, 3.05) is 41.3 Å². The van der Waals surface area contributed by atoms with Crippen molar-refractivity contribution in [1.29, 1.82) is 0 Å². The molecule has 2 aliphatic heterocycles. The lowest BCUT2D eigenvalue weighted by atomic mass is 9.86. The standard InChI is InChI=1S/C22H20ClFN6O2/c23-14-4-3-5-15(24)18(14)13-12-17(31)26-20-19(13)21(32)28-22(27-20)30-10-8-29(9-11-30)16-6-1-2-7-25-16/h1-7,13H,8-12H2,(H2,26,27,28,31,32). The van der Waals surface area contributed by atoms with Crippen LogP contribution in [0.4, 0.5) is 22.0 Å². The lowest BCUT2D eigenvalue weighted by Crippen LogP contribution is -2.48. The summed E-state index contributed by atoms with van der Waals surface area (Å²) in [6.45, 7) is 2.65. The minimum absolute atomic E-state index is 0.0828. The van der Waals surface area contributed by atoms with E-state index < -0.39 is 17.3 Å². The number of piperazine rings is 1. The first kappa shape index (κ1) is 20.4. The lowest BCUT2D eigenvalue weighted by Gasteiger charge is -2.36. The first-order valence-corrected chi connectivity index (χ1v) is 10.7. The molecular formula is C22H20ClFN6O2. The van der Waals surface area contributed by atoms with Gasteiger partial charge in [-0.05, 0) is 24.3 Å². The molecule has 0 radical (unpaired) electrons. The molecule has 8 nitrogen and oxygen atoms in total. The molecule has 1 fully saturated rings. The number of anilines is 3. The van der Waals surface area contributed by atoms with Gasteiger partial charge in [0.05, 0.1) is 5.56 Å². The molecule has 164 valence electrons. The molecule has 1 atom stereocenters. The molecule has 3 aromatic rings. The Labute approximate surface area is 188 Å². The molecule has 1 aromatic carbocycles. The van der Waals surface area contributed by atoms with Gasteiger partial charge in [0.25, 0.3) is 5.56 Å². The smallest absolute Gasteiger partial charge is 0.258 e. The van der Waals surface area contributed by atoms with Crippen LogP contribution < -0.4 is 20.7 Å². The van der Waals surface area contributed by atoms with Gasteiger partial charge in [0.1, 0.15) is 17.5 Å². The zero-order valence-corrected chi connectivity index (χ0v) is 17.8. The quantitative estimate of drug-likeness (QED) is 0.632. The predicted molar refractivity (Wildman–Crippen MR) is 120 cm³/mol. The monoisotopic (exact) mass is 454 g/mol.